The van der Waals surface area contributed by atoms with Crippen LogP contribution in [0.3, 0.4) is 0 Å². The van der Waals surface area contributed by atoms with Crippen LogP contribution in [0.15, 0.2) is 0 Å². The predicted octanol–water partition coefficient (Wildman–Crippen LogP) is 1.69. The van der Waals surface area contributed by atoms with Crippen LogP contribution < -0.4 is 0 Å². The molecule has 9 heavy (non-hydrogen) atoms. The van der Waals surface area contributed by atoms with E-state index < -0.39 is 0 Å². The van der Waals surface area contributed by atoms with Gasteiger partial charge in [0.25, 0.3) is 0 Å². The third-order valence-electron chi connectivity index (χ3n) is 3.02. The molecular formula is C8H16N. The number of nitrogens with zero attached hydrogens (tertiary/aromatic N) is 1. The number of hydrogen-bond donors (Lipinski definition) is 0. The summed E-state index contributed by atoms with van der Waals surface area (Å²) >= 11 is 0. The Morgan fingerprint density at radius 3 is 1.44 bits per heavy atom. The minimum atomic E-state index is 0.384. The maximum atomic E-state index is 3.86. The van der Waals surface area contributed by atoms with E-state index in [-0.39, 0.29) is 0 Å². The van der Waals surface area contributed by atoms with Crippen LogP contribution in [-0.4, -0.2) is 22.5 Å². The molecule has 0 unspecified atom stereocenters. The maximum absolute atomic E-state index is 3.86. The Morgan fingerprint density at radius 1 is 1.11 bits per heavy atom. The first-order chi connectivity index (χ1) is 3.94. The normalized spacial score (nSPS) is 30.3. The van der Waals surface area contributed by atoms with Gasteiger partial charge in [-0.15, -0.1) is 0 Å². The van der Waals surface area contributed by atoms with Crippen LogP contribution in [0.4, 0.5) is 0 Å². The summed E-state index contributed by atoms with van der Waals surface area (Å²) in [5, 5.41) is 0. The van der Waals surface area contributed by atoms with E-state index in [1.54, 1.807) is 0 Å². The highest BCUT2D eigenvalue weighted by molar-refractivity contribution is 5.19. The van der Waals surface area contributed by atoms with Crippen LogP contribution in [-0.2, 0) is 0 Å². The van der Waals surface area contributed by atoms with Crippen LogP contribution in [0.25, 0.3) is 0 Å². The standard InChI is InChI=1S/C8H16N/c1-6-9-7(2,3)8(9,4)5/h1,6H2,2-5H3. The molecule has 1 heterocycles. The zero-order chi connectivity index (χ0) is 7.28. The molecule has 1 rings (SSSR count). The second-order valence-corrected chi connectivity index (χ2v) is 3.77. The van der Waals surface area contributed by atoms with Crippen LogP contribution in [0.1, 0.15) is 27.7 Å². The van der Waals surface area contributed by atoms with Crippen molar-refractivity contribution in [3.05, 3.63) is 6.92 Å². The van der Waals surface area contributed by atoms with Gasteiger partial charge in [0.15, 0.2) is 0 Å². The van der Waals surface area contributed by atoms with Crippen molar-refractivity contribution in [2.45, 2.75) is 38.8 Å². The van der Waals surface area contributed by atoms with Crippen LogP contribution in [0, 0.1) is 6.92 Å². The molecule has 1 aliphatic rings. The minimum Gasteiger partial charge on any atom is -0.289 e. The molecule has 0 spiro atoms. The maximum Gasteiger partial charge on any atom is 0.0337 e. The molecular weight excluding hydrogens is 110 g/mol. The summed E-state index contributed by atoms with van der Waals surface area (Å²) < 4.78 is 0. The Morgan fingerprint density at radius 2 is 1.44 bits per heavy atom. The lowest BCUT2D eigenvalue weighted by Crippen LogP contribution is -2.10. The molecule has 0 aromatic carbocycles. The van der Waals surface area contributed by atoms with Gasteiger partial charge in [-0.05, 0) is 41.2 Å². The van der Waals surface area contributed by atoms with Gasteiger partial charge in [-0.3, -0.25) is 4.90 Å². The quantitative estimate of drug-likeness (QED) is 0.483. The summed E-state index contributed by atoms with van der Waals surface area (Å²) in [4.78, 5) is 2.39. The second kappa shape index (κ2) is 1.51. The third-order valence-corrected chi connectivity index (χ3v) is 3.02. The van der Waals surface area contributed by atoms with Crippen molar-refractivity contribution in [3.8, 4) is 0 Å². The molecule has 0 amide bonds. The molecule has 53 valence electrons. The van der Waals surface area contributed by atoms with Crippen molar-refractivity contribution in [2.24, 2.45) is 0 Å². The molecule has 0 bridgehead atoms. The van der Waals surface area contributed by atoms with Gasteiger partial charge in [-0.2, -0.15) is 0 Å². The summed E-state index contributed by atoms with van der Waals surface area (Å²) in [6, 6.07) is 0. The zero-order valence-electron chi connectivity index (χ0n) is 6.86. The summed E-state index contributed by atoms with van der Waals surface area (Å²) in [7, 11) is 0. The van der Waals surface area contributed by atoms with Gasteiger partial charge in [0, 0.05) is 11.1 Å². The highest BCUT2D eigenvalue weighted by Gasteiger charge is 2.61. The van der Waals surface area contributed by atoms with E-state index in [0.29, 0.717) is 11.1 Å². The molecule has 1 nitrogen and oxygen atoms in total. The average Bonchev–Trinajstić information content (AvgIpc) is 2.00. The summed E-state index contributed by atoms with van der Waals surface area (Å²) in [6.07, 6.45) is 0. The molecule has 0 saturated carbocycles. The van der Waals surface area contributed by atoms with Crippen LogP contribution in [0.5, 0.6) is 0 Å². The zero-order valence-corrected chi connectivity index (χ0v) is 6.86. The number of rotatable bonds is 1. The number of hydrogen-bond acceptors (Lipinski definition) is 1. The fraction of sp³-hybridized carbons (Fsp3) is 0.875. The van der Waals surface area contributed by atoms with E-state index in [1.165, 1.54) is 0 Å². The second-order valence-electron chi connectivity index (χ2n) is 3.77. The van der Waals surface area contributed by atoms with Crippen molar-refractivity contribution >= 4 is 0 Å². The lowest BCUT2D eigenvalue weighted by molar-refractivity contribution is 0.455. The lowest BCUT2D eigenvalue weighted by Gasteiger charge is -1.99. The smallest absolute Gasteiger partial charge is 0.0337 e. The molecule has 1 saturated heterocycles. The van der Waals surface area contributed by atoms with E-state index in [2.05, 4.69) is 39.5 Å². The average molecular weight is 126 g/mol. The molecule has 0 aromatic rings. The minimum absolute atomic E-state index is 0.384. The molecule has 0 atom stereocenters. The Bertz CT molecular complexity index is 111. The molecule has 1 radical (unpaired) electrons. The fourth-order valence-corrected chi connectivity index (χ4v) is 1.58. The van der Waals surface area contributed by atoms with Gasteiger partial charge in [-0.1, -0.05) is 0 Å². The molecule has 1 fully saturated rings. The van der Waals surface area contributed by atoms with Crippen molar-refractivity contribution in [1.29, 1.82) is 0 Å². The first kappa shape index (κ1) is 7.07. The van der Waals surface area contributed by atoms with Crippen molar-refractivity contribution in [3.63, 3.8) is 0 Å². The van der Waals surface area contributed by atoms with E-state index in [0.717, 1.165) is 6.54 Å². The van der Waals surface area contributed by atoms with Gasteiger partial charge in [0.2, 0.25) is 0 Å². The van der Waals surface area contributed by atoms with Crippen LogP contribution in [0.2, 0.25) is 0 Å². The Balaban J connectivity index is 2.66. The van der Waals surface area contributed by atoms with Gasteiger partial charge >= 0.3 is 0 Å². The van der Waals surface area contributed by atoms with E-state index in [4.69, 9.17) is 0 Å². The van der Waals surface area contributed by atoms with Crippen molar-refractivity contribution in [1.82, 2.24) is 4.90 Å². The van der Waals surface area contributed by atoms with Gasteiger partial charge in [0.05, 0.1) is 0 Å². The van der Waals surface area contributed by atoms with Gasteiger partial charge in [0.1, 0.15) is 0 Å². The summed E-state index contributed by atoms with van der Waals surface area (Å²) in [5.74, 6) is 0. The monoisotopic (exact) mass is 126 g/mol. The predicted molar refractivity (Wildman–Crippen MR) is 40.2 cm³/mol. The summed E-state index contributed by atoms with van der Waals surface area (Å²) in [5.41, 5.74) is 0.767. The van der Waals surface area contributed by atoms with Crippen molar-refractivity contribution in [2.75, 3.05) is 6.54 Å². The highest BCUT2D eigenvalue weighted by atomic mass is 15.4. The Kier molecular flexibility index (Phi) is 1.19. The van der Waals surface area contributed by atoms with Crippen LogP contribution >= 0.6 is 0 Å². The highest BCUT2D eigenvalue weighted by Crippen LogP contribution is 2.49. The topological polar surface area (TPSA) is 3.01 Å². The SMILES string of the molecule is [CH2]CN1C(C)(C)C1(C)C. The lowest BCUT2D eigenvalue weighted by atomic mass is 10.0. The molecule has 1 aliphatic heterocycles. The summed E-state index contributed by atoms with van der Waals surface area (Å²) in [6.45, 7) is 13.8. The van der Waals surface area contributed by atoms with Gasteiger partial charge < -0.3 is 0 Å². The Labute approximate surface area is 58.0 Å². The van der Waals surface area contributed by atoms with Gasteiger partial charge in [-0.25, -0.2) is 0 Å². The first-order valence-electron chi connectivity index (χ1n) is 3.51. The molecule has 0 aromatic heterocycles. The first-order valence-corrected chi connectivity index (χ1v) is 3.51. The van der Waals surface area contributed by atoms with E-state index >= 15 is 0 Å². The molecule has 0 aliphatic carbocycles. The largest absolute Gasteiger partial charge is 0.289 e. The van der Waals surface area contributed by atoms with Crippen molar-refractivity contribution < 1.29 is 0 Å². The fourth-order valence-electron chi connectivity index (χ4n) is 1.58. The third kappa shape index (κ3) is 0.644. The molecule has 0 N–H and O–H groups in total. The Hall–Kier alpha value is -0.0400. The van der Waals surface area contributed by atoms with E-state index in [1.807, 2.05) is 0 Å². The molecule has 1 heteroatoms. The van der Waals surface area contributed by atoms with E-state index in [9.17, 15) is 0 Å².